The first kappa shape index (κ1) is 20.9. The summed E-state index contributed by atoms with van der Waals surface area (Å²) >= 11 is 13.6. The van der Waals surface area contributed by atoms with E-state index in [0.717, 1.165) is 5.56 Å². The van der Waals surface area contributed by atoms with Crippen molar-refractivity contribution < 1.29 is 8.42 Å². The number of hydrogen-bond donors (Lipinski definition) is 0. The zero-order valence-electron chi connectivity index (χ0n) is 14.8. The molecule has 0 amide bonds. The van der Waals surface area contributed by atoms with Gasteiger partial charge in [-0.25, -0.2) is 8.42 Å². The smallest absolute Gasteiger partial charge is 0.191 e. The van der Waals surface area contributed by atoms with Crippen LogP contribution in [0.2, 0.25) is 10.0 Å². The van der Waals surface area contributed by atoms with Crippen LogP contribution in [-0.2, 0) is 27.9 Å². The summed E-state index contributed by atoms with van der Waals surface area (Å²) in [5.41, 5.74) is 0.905. The van der Waals surface area contributed by atoms with Crippen molar-refractivity contribution in [1.29, 1.82) is 0 Å². The molecule has 0 N–H and O–H groups in total. The molecule has 0 saturated carbocycles. The number of hydrogen-bond acceptors (Lipinski definition) is 5. The molecule has 5 nitrogen and oxygen atoms in total. The van der Waals surface area contributed by atoms with Gasteiger partial charge in [0.25, 0.3) is 0 Å². The van der Waals surface area contributed by atoms with Crippen molar-refractivity contribution in [2.24, 2.45) is 0 Å². The van der Waals surface area contributed by atoms with Crippen LogP contribution in [0, 0.1) is 0 Å². The zero-order valence-corrected chi connectivity index (χ0v) is 17.9. The van der Waals surface area contributed by atoms with E-state index in [0.29, 0.717) is 33.3 Å². The van der Waals surface area contributed by atoms with E-state index in [2.05, 4.69) is 16.8 Å². The van der Waals surface area contributed by atoms with Crippen molar-refractivity contribution in [3.05, 3.63) is 82.6 Å². The number of sulfone groups is 1. The molecule has 0 aliphatic carbocycles. The maximum Gasteiger partial charge on any atom is 0.191 e. The van der Waals surface area contributed by atoms with Crippen molar-refractivity contribution in [3.8, 4) is 0 Å². The summed E-state index contributed by atoms with van der Waals surface area (Å²) in [6.45, 7) is 4.15. The average Bonchev–Trinajstić information content (AvgIpc) is 3.03. The number of nitrogens with zero attached hydrogens (tertiary/aromatic N) is 3. The Hall–Kier alpha value is -1.80. The maximum absolute atomic E-state index is 12.7. The third-order valence-corrected chi connectivity index (χ3v) is 7.13. The van der Waals surface area contributed by atoms with Crippen LogP contribution in [0.25, 0.3) is 0 Å². The largest absolute Gasteiger partial charge is 0.301 e. The minimum Gasteiger partial charge on any atom is -0.301 e. The molecule has 0 atom stereocenters. The lowest BCUT2D eigenvalue weighted by Crippen LogP contribution is -2.11. The van der Waals surface area contributed by atoms with Gasteiger partial charge >= 0.3 is 0 Å². The van der Waals surface area contributed by atoms with Gasteiger partial charge < -0.3 is 4.57 Å². The summed E-state index contributed by atoms with van der Waals surface area (Å²) in [5, 5.41) is 10.0. The molecule has 0 aliphatic rings. The third kappa shape index (κ3) is 4.97. The fraction of sp³-hybridized carbons (Fsp3) is 0.158. The molecule has 2 aromatic carbocycles. The average molecular weight is 454 g/mol. The molecule has 146 valence electrons. The van der Waals surface area contributed by atoms with Crippen molar-refractivity contribution in [2.75, 3.05) is 0 Å². The summed E-state index contributed by atoms with van der Waals surface area (Å²) < 4.78 is 27.1. The Balaban J connectivity index is 1.82. The molecule has 9 heteroatoms. The summed E-state index contributed by atoms with van der Waals surface area (Å²) in [7, 11) is -3.52. The van der Waals surface area contributed by atoms with E-state index in [1.807, 2.05) is 6.07 Å². The summed E-state index contributed by atoms with van der Waals surface area (Å²) in [6, 6.07) is 13.6. The van der Waals surface area contributed by atoms with Crippen LogP contribution < -0.4 is 0 Å². The second kappa shape index (κ2) is 9.13. The molecular formula is C19H17Cl2N3O2S2. The van der Waals surface area contributed by atoms with Gasteiger partial charge in [0, 0.05) is 22.3 Å². The quantitative estimate of drug-likeness (QED) is 0.353. The molecule has 0 aliphatic heterocycles. The monoisotopic (exact) mass is 453 g/mol. The molecule has 28 heavy (non-hydrogen) atoms. The minimum atomic E-state index is -3.52. The van der Waals surface area contributed by atoms with Gasteiger partial charge in [0.05, 0.1) is 4.90 Å². The fourth-order valence-electron chi connectivity index (χ4n) is 2.51. The van der Waals surface area contributed by atoms with Crippen LogP contribution >= 0.6 is 35.0 Å². The van der Waals surface area contributed by atoms with E-state index in [4.69, 9.17) is 23.2 Å². The van der Waals surface area contributed by atoms with E-state index >= 15 is 0 Å². The highest BCUT2D eigenvalue weighted by Gasteiger charge is 2.21. The highest BCUT2D eigenvalue weighted by Crippen LogP contribution is 2.28. The predicted molar refractivity (Wildman–Crippen MR) is 114 cm³/mol. The Morgan fingerprint density at radius 2 is 1.86 bits per heavy atom. The predicted octanol–water partition coefficient (Wildman–Crippen LogP) is 5.04. The highest BCUT2D eigenvalue weighted by molar-refractivity contribution is 7.98. The van der Waals surface area contributed by atoms with E-state index in [-0.39, 0.29) is 10.6 Å². The summed E-state index contributed by atoms with van der Waals surface area (Å²) in [4.78, 5) is 0.255. The summed E-state index contributed by atoms with van der Waals surface area (Å²) in [5.74, 6) is 0.685. The molecular weight excluding hydrogens is 437 g/mol. The molecule has 0 spiro atoms. The van der Waals surface area contributed by atoms with Crippen molar-refractivity contribution in [2.45, 2.75) is 28.1 Å². The van der Waals surface area contributed by atoms with Gasteiger partial charge in [0.1, 0.15) is 11.6 Å². The van der Waals surface area contributed by atoms with Gasteiger partial charge in [0.15, 0.2) is 15.0 Å². The number of allylic oxidation sites excluding steroid dienone is 1. The molecule has 0 fully saturated rings. The van der Waals surface area contributed by atoms with Gasteiger partial charge in [0.2, 0.25) is 0 Å². The van der Waals surface area contributed by atoms with Crippen LogP contribution in [0.1, 0.15) is 11.4 Å². The Morgan fingerprint density at radius 1 is 1.11 bits per heavy atom. The van der Waals surface area contributed by atoms with Crippen LogP contribution in [0.5, 0.6) is 0 Å². The first-order valence-electron chi connectivity index (χ1n) is 8.28. The molecule has 1 heterocycles. The van der Waals surface area contributed by atoms with E-state index < -0.39 is 9.84 Å². The molecule has 3 aromatic rings. The van der Waals surface area contributed by atoms with Gasteiger partial charge in [-0.1, -0.05) is 65.3 Å². The lowest BCUT2D eigenvalue weighted by Gasteiger charge is -2.09. The van der Waals surface area contributed by atoms with Crippen molar-refractivity contribution in [1.82, 2.24) is 14.8 Å². The Labute approximate surface area is 178 Å². The van der Waals surface area contributed by atoms with Crippen LogP contribution in [0.3, 0.4) is 0 Å². The second-order valence-corrected chi connectivity index (χ2v) is 9.67. The first-order chi connectivity index (χ1) is 13.4. The van der Waals surface area contributed by atoms with Crippen LogP contribution in [-0.4, -0.2) is 23.2 Å². The zero-order chi connectivity index (χ0) is 20.1. The van der Waals surface area contributed by atoms with Gasteiger partial charge in [-0.05, 0) is 29.8 Å². The number of aromatic nitrogens is 3. The molecule has 0 radical (unpaired) electrons. The van der Waals surface area contributed by atoms with E-state index in [1.54, 1.807) is 53.1 Å². The first-order valence-corrected chi connectivity index (χ1v) is 11.7. The standard InChI is InChI=1S/C19H17Cl2N3O2S2/c1-2-10-24-18(13-28(25,26)16-6-4-3-5-7-16)22-23-19(24)27-12-14-8-9-15(20)11-17(14)21/h2-9,11H,1,10,12-13H2. The molecule has 3 rings (SSSR count). The number of thioether (sulfide) groups is 1. The topological polar surface area (TPSA) is 64.8 Å². The lowest BCUT2D eigenvalue weighted by atomic mass is 10.2. The normalized spacial score (nSPS) is 11.5. The van der Waals surface area contributed by atoms with E-state index in [1.165, 1.54) is 11.8 Å². The Morgan fingerprint density at radius 3 is 2.54 bits per heavy atom. The number of halogens is 2. The molecule has 1 aromatic heterocycles. The second-order valence-electron chi connectivity index (χ2n) is 5.89. The highest BCUT2D eigenvalue weighted by atomic mass is 35.5. The molecule has 0 saturated heterocycles. The van der Waals surface area contributed by atoms with Gasteiger partial charge in [-0.15, -0.1) is 16.8 Å². The molecule has 0 unspecified atom stereocenters. The van der Waals surface area contributed by atoms with Crippen LogP contribution in [0.15, 0.2) is 71.2 Å². The number of rotatable bonds is 8. The number of benzene rings is 2. The van der Waals surface area contributed by atoms with Crippen LogP contribution in [0.4, 0.5) is 0 Å². The Bertz CT molecular complexity index is 1080. The van der Waals surface area contributed by atoms with Gasteiger partial charge in [-0.3, -0.25) is 0 Å². The summed E-state index contributed by atoms with van der Waals surface area (Å²) in [6.07, 6.45) is 1.68. The SMILES string of the molecule is C=CCn1c(CS(=O)(=O)c2ccccc2)nnc1SCc1ccc(Cl)cc1Cl. The van der Waals surface area contributed by atoms with Crippen molar-refractivity contribution >= 4 is 44.8 Å². The van der Waals surface area contributed by atoms with Crippen molar-refractivity contribution in [3.63, 3.8) is 0 Å². The third-order valence-electron chi connectivity index (χ3n) is 3.90. The van der Waals surface area contributed by atoms with E-state index in [9.17, 15) is 8.42 Å². The molecule has 0 bridgehead atoms. The Kier molecular flexibility index (Phi) is 6.82. The maximum atomic E-state index is 12.7. The van der Waals surface area contributed by atoms with Gasteiger partial charge in [-0.2, -0.15) is 0 Å². The fourth-order valence-corrected chi connectivity index (χ4v) is 5.32. The lowest BCUT2D eigenvalue weighted by molar-refractivity contribution is 0.590. The minimum absolute atomic E-state index is 0.236.